The lowest BCUT2D eigenvalue weighted by atomic mass is 9.95. The van der Waals surface area contributed by atoms with Gasteiger partial charge in [-0.1, -0.05) is 61.3 Å². The van der Waals surface area contributed by atoms with Crippen molar-refractivity contribution in [2.45, 2.75) is 39.2 Å². The zero-order chi connectivity index (χ0) is 23.3. The predicted molar refractivity (Wildman–Crippen MR) is 124 cm³/mol. The molecule has 3 rings (SSSR count). The Labute approximate surface area is 196 Å². The Hall–Kier alpha value is -2.83. The first kappa shape index (κ1) is 23.8. The van der Waals surface area contributed by atoms with Gasteiger partial charge in [0, 0.05) is 28.1 Å². The van der Waals surface area contributed by atoms with Crippen molar-refractivity contribution in [1.29, 1.82) is 0 Å². The number of carbonyl (C=O) groups is 2. The maximum Gasteiger partial charge on any atom is 0.306 e. The van der Waals surface area contributed by atoms with Crippen LogP contribution in [0.3, 0.4) is 0 Å². The standard InChI is InChI=1S/C24H24Cl2N2O4/c1-3-22-27-13-21(32-22)23(29)28-18(10-14(2)24(30)31)11-15-4-6-16(7-5-15)19-12-17(25)8-9-20(19)26/h4-9,12-14,18H,3,10-11H2,1-2H3,(H,28,29)(H,30,31)/t14-,18-/m0/s1. The van der Waals surface area contributed by atoms with Crippen LogP contribution < -0.4 is 5.32 Å². The van der Waals surface area contributed by atoms with Gasteiger partial charge in [0.2, 0.25) is 5.76 Å². The summed E-state index contributed by atoms with van der Waals surface area (Å²) in [5.41, 5.74) is 2.68. The number of oxazole rings is 1. The molecule has 0 unspecified atom stereocenters. The van der Waals surface area contributed by atoms with E-state index in [2.05, 4.69) is 10.3 Å². The molecule has 2 aromatic carbocycles. The van der Waals surface area contributed by atoms with E-state index in [1.165, 1.54) is 6.20 Å². The van der Waals surface area contributed by atoms with E-state index in [1.807, 2.05) is 31.2 Å². The molecule has 6 nitrogen and oxygen atoms in total. The smallest absolute Gasteiger partial charge is 0.306 e. The summed E-state index contributed by atoms with van der Waals surface area (Å²) >= 11 is 12.4. The molecule has 1 amide bonds. The van der Waals surface area contributed by atoms with Crippen molar-refractivity contribution in [2.75, 3.05) is 0 Å². The molecule has 3 aromatic rings. The van der Waals surface area contributed by atoms with Crippen LogP contribution in [0.4, 0.5) is 0 Å². The summed E-state index contributed by atoms with van der Waals surface area (Å²) in [6, 6.07) is 12.6. The first-order valence-corrected chi connectivity index (χ1v) is 11.0. The quantitative estimate of drug-likeness (QED) is 0.417. The number of benzene rings is 2. The van der Waals surface area contributed by atoms with E-state index in [0.717, 1.165) is 16.7 Å². The average molecular weight is 475 g/mol. The lowest BCUT2D eigenvalue weighted by Gasteiger charge is -2.20. The fraction of sp³-hybridized carbons (Fsp3) is 0.292. The molecule has 2 N–H and O–H groups in total. The van der Waals surface area contributed by atoms with Gasteiger partial charge in [-0.25, -0.2) is 4.98 Å². The molecule has 8 heteroatoms. The first-order valence-electron chi connectivity index (χ1n) is 10.3. The summed E-state index contributed by atoms with van der Waals surface area (Å²) in [7, 11) is 0. The summed E-state index contributed by atoms with van der Waals surface area (Å²) in [6.45, 7) is 3.50. The molecule has 0 saturated heterocycles. The predicted octanol–water partition coefficient (Wildman–Crippen LogP) is 5.66. The van der Waals surface area contributed by atoms with E-state index in [1.54, 1.807) is 25.1 Å². The second-order valence-corrected chi connectivity index (χ2v) is 8.49. The van der Waals surface area contributed by atoms with Crippen molar-refractivity contribution >= 4 is 35.1 Å². The van der Waals surface area contributed by atoms with Gasteiger partial charge in [-0.15, -0.1) is 0 Å². The zero-order valence-corrected chi connectivity index (χ0v) is 19.3. The molecule has 0 aliphatic rings. The lowest BCUT2D eigenvalue weighted by molar-refractivity contribution is -0.141. The number of halogens is 2. The summed E-state index contributed by atoms with van der Waals surface area (Å²) < 4.78 is 5.42. The zero-order valence-electron chi connectivity index (χ0n) is 17.8. The molecule has 0 spiro atoms. The van der Waals surface area contributed by atoms with Crippen molar-refractivity contribution in [3.05, 3.63) is 75.9 Å². The Balaban J connectivity index is 1.77. The van der Waals surface area contributed by atoms with E-state index >= 15 is 0 Å². The third-order valence-corrected chi connectivity index (χ3v) is 5.71. The second-order valence-electron chi connectivity index (χ2n) is 7.64. The van der Waals surface area contributed by atoms with Gasteiger partial charge in [-0.05, 0) is 42.2 Å². The van der Waals surface area contributed by atoms with Gasteiger partial charge in [0.05, 0.1) is 12.1 Å². The molecule has 0 fully saturated rings. The van der Waals surface area contributed by atoms with Crippen LogP contribution in [0.2, 0.25) is 10.0 Å². The highest BCUT2D eigenvalue weighted by atomic mass is 35.5. The van der Waals surface area contributed by atoms with Crippen molar-refractivity contribution in [1.82, 2.24) is 10.3 Å². The van der Waals surface area contributed by atoms with Crippen LogP contribution in [0.15, 0.2) is 53.1 Å². The number of nitrogens with one attached hydrogen (secondary N) is 1. The van der Waals surface area contributed by atoms with Crippen LogP contribution >= 0.6 is 23.2 Å². The maximum absolute atomic E-state index is 12.6. The number of amides is 1. The van der Waals surface area contributed by atoms with Gasteiger partial charge < -0.3 is 14.8 Å². The Morgan fingerprint density at radius 1 is 1.16 bits per heavy atom. The number of hydrogen-bond donors (Lipinski definition) is 2. The summed E-state index contributed by atoms with van der Waals surface area (Å²) in [6.07, 6.45) is 2.70. The molecular weight excluding hydrogens is 451 g/mol. The third kappa shape index (κ3) is 6.11. The minimum atomic E-state index is -0.914. The van der Waals surface area contributed by atoms with Crippen LogP contribution in [0.25, 0.3) is 11.1 Å². The van der Waals surface area contributed by atoms with Gasteiger partial charge in [0.25, 0.3) is 5.91 Å². The van der Waals surface area contributed by atoms with Crippen LogP contribution in [-0.4, -0.2) is 28.0 Å². The molecule has 0 aliphatic heterocycles. The number of carbonyl (C=O) groups excluding carboxylic acids is 1. The fourth-order valence-corrected chi connectivity index (χ4v) is 3.78. The lowest BCUT2D eigenvalue weighted by Crippen LogP contribution is -2.38. The monoisotopic (exact) mass is 474 g/mol. The largest absolute Gasteiger partial charge is 0.481 e. The second kappa shape index (κ2) is 10.7. The van der Waals surface area contributed by atoms with Gasteiger partial charge in [-0.3, -0.25) is 9.59 Å². The normalized spacial score (nSPS) is 12.9. The Morgan fingerprint density at radius 2 is 1.88 bits per heavy atom. The molecule has 168 valence electrons. The SMILES string of the molecule is CCc1ncc(C(=O)N[C@H](Cc2ccc(-c3cc(Cl)ccc3Cl)cc2)C[C@H](C)C(=O)O)o1. The van der Waals surface area contributed by atoms with Gasteiger partial charge in [0.15, 0.2) is 5.89 Å². The molecule has 2 atom stereocenters. The highest BCUT2D eigenvalue weighted by molar-refractivity contribution is 6.35. The van der Waals surface area contributed by atoms with Crippen molar-refractivity contribution in [3.8, 4) is 11.1 Å². The summed E-state index contributed by atoms with van der Waals surface area (Å²) in [5.74, 6) is -1.36. The van der Waals surface area contributed by atoms with Crippen molar-refractivity contribution in [2.24, 2.45) is 5.92 Å². The Kier molecular flexibility index (Phi) is 7.94. The summed E-state index contributed by atoms with van der Waals surface area (Å²) in [5, 5.41) is 13.4. The van der Waals surface area contributed by atoms with E-state index in [4.69, 9.17) is 27.6 Å². The molecule has 1 aromatic heterocycles. The molecule has 0 radical (unpaired) electrons. The third-order valence-electron chi connectivity index (χ3n) is 5.15. The highest BCUT2D eigenvalue weighted by Crippen LogP contribution is 2.31. The van der Waals surface area contributed by atoms with Gasteiger partial charge in [0.1, 0.15) is 0 Å². The Morgan fingerprint density at radius 3 is 2.50 bits per heavy atom. The highest BCUT2D eigenvalue weighted by Gasteiger charge is 2.22. The molecule has 0 saturated carbocycles. The maximum atomic E-state index is 12.6. The van der Waals surface area contributed by atoms with E-state index in [-0.39, 0.29) is 12.2 Å². The number of aromatic nitrogens is 1. The number of carboxylic acid groups (broad SMARTS) is 1. The molecule has 32 heavy (non-hydrogen) atoms. The van der Waals surface area contributed by atoms with Crippen molar-refractivity contribution < 1.29 is 19.1 Å². The van der Waals surface area contributed by atoms with E-state index < -0.39 is 23.8 Å². The molecule has 0 bridgehead atoms. The Bertz CT molecular complexity index is 1100. The number of carboxylic acids is 1. The van der Waals surface area contributed by atoms with Crippen molar-refractivity contribution in [3.63, 3.8) is 0 Å². The van der Waals surface area contributed by atoms with Crippen LogP contribution in [0.1, 0.15) is 42.3 Å². The van der Waals surface area contributed by atoms with E-state index in [0.29, 0.717) is 28.8 Å². The van der Waals surface area contributed by atoms with Gasteiger partial charge in [-0.2, -0.15) is 0 Å². The van der Waals surface area contributed by atoms with Crippen LogP contribution in [0, 0.1) is 5.92 Å². The minimum Gasteiger partial charge on any atom is -0.481 e. The average Bonchev–Trinajstić information content (AvgIpc) is 3.25. The number of hydrogen-bond acceptors (Lipinski definition) is 4. The molecule has 0 aliphatic carbocycles. The first-order chi connectivity index (χ1) is 15.3. The summed E-state index contributed by atoms with van der Waals surface area (Å²) in [4.78, 5) is 28.0. The van der Waals surface area contributed by atoms with E-state index in [9.17, 15) is 14.7 Å². The van der Waals surface area contributed by atoms with Crippen LogP contribution in [0.5, 0.6) is 0 Å². The molecular formula is C24H24Cl2N2O4. The van der Waals surface area contributed by atoms with Gasteiger partial charge >= 0.3 is 5.97 Å². The molecule has 1 heterocycles. The topological polar surface area (TPSA) is 92.4 Å². The van der Waals surface area contributed by atoms with Crippen LogP contribution in [-0.2, 0) is 17.6 Å². The minimum absolute atomic E-state index is 0.112. The fourth-order valence-electron chi connectivity index (χ4n) is 3.38. The number of aliphatic carboxylic acids is 1. The number of rotatable bonds is 9. The number of nitrogens with zero attached hydrogens (tertiary/aromatic N) is 1. The number of aryl methyl sites for hydroxylation is 1.